The van der Waals surface area contributed by atoms with Gasteiger partial charge in [0.25, 0.3) is 0 Å². The maximum atomic E-state index is 9.83. The fourth-order valence-corrected chi connectivity index (χ4v) is 2.30. The quantitative estimate of drug-likeness (QED) is 0.480. The zero-order chi connectivity index (χ0) is 13.6. The predicted octanol–water partition coefficient (Wildman–Crippen LogP) is 4.43. The van der Waals surface area contributed by atoms with Crippen molar-refractivity contribution in [2.24, 2.45) is 0 Å². The van der Waals surface area contributed by atoms with Crippen molar-refractivity contribution in [1.82, 2.24) is 0 Å². The smallest absolute Gasteiger partial charge is 0.0799 e. The molecule has 2 heteroatoms. The first-order valence-corrected chi connectivity index (χ1v) is 8.08. The maximum Gasteiger partial charge on any atom is 0.0799 e. The topological polar surface area (TPSA) is 40.5 Å². The van der Waals surface area contributed by atoms with Crippen LogP contribution in [-0.2, 0) is 0 Å². The second-order valence-corrected chi connectivity index (χ2v) is 5.54. The van der Waals surface area contributed by atoms with E-state index in [4.69, 9.17) is 0 Å². The Morgan fingerprint density at radius 3 is 1.22 bits per heavy atom. The van der Waals surface area contributed by atoms with Gasteiger partial charge >= 0.3 is 0 Å². The van der Waals surface area contributed by atoms with Gasteiger partial charge in [0.15, 0.2) is 0 Å². The third-order valence-electron chi connectivity index (χ3n) is 3.65. The molecule has 0 aromatic heterocycles. The molecule has 0 rings (SSSR count). The molecule has 2 atom stereocenters. The van der Waals surface area contributed by atoms with Gasteiger partial charge in [0, 0.05) is 0 Å². The number of aliphatic hydroxyl groups excluding tert-OH is 2. The highest BCUT2D eigenvalue weighted by Gasteiger charge is 2.14. The van der Waals surface area contributed by atoms with Gasteiger partial charge in [-0.3, -0.25) is 0 Å². The Morgan fingerprint density at radius 1 is 0.556 bits per heavy atom. The molecule has 0 aliphatic heterocycles. The second-order valence-electron chi connectivity index (χ2n) is 5.54. The summed E-state index contributed by atoms with van der Waals surface area (Å²) < 4.78 is 0. The molecular weight excluding hydrogens is 224 g/mol. The van der Waals surface area contributed by atoms with E-state index in [0.717, 1.165) is 25.7 Å². The first-order chi connectivity index (χ1) is 8.72. The summed E-state index contributed by atoms with van der Waals surface area (Å²) in [5.74, 6) is 0. The Kier molecular flexibility index (Phi) is 13.3. The zero-order valence-corrected chi connectivity index (χ0v) is 12.5. The van der Waals surface area contributed by atoms with Gasteiger partial charge in [0.1, 0.15) is 0 Å². The number of aliphatic hydroxyl groups is 2. The highest BCUT2D eigenvalue weighted by Crippen LogP contribution is 2.14. The van der Waals surface area contributed by atoms with Gasteiger partial charge in [-0.25, -0.2) is 0 Å². The molecule has 18 heavy (non-hydrogen) atoms. The van der Waals surface area contributed by atoms with Gasteiger partial charge < -0.3 is 10.2 Å². The molecule has 0 aromatic rings. The van der Waals surface area contributed by atoms with Crippen molar-refractivity contribution >= 4 is 0 Å². The van der Waals surface area contributed by atoms with Gasteiger partial charge in [-0.15, -0.1) is 0 Å². The normalized spacial score (nSPS) is 14.7. The number of unbranched alkanes of at least 4 members (excludes halogenated alkanes) is 8. The van der Waals surface area contributed by atoms with Gasteiger partial charge in [0.2, 0.25) is 0 Å². The zero-order valence-electron chi connectivity index (χ0n) is 12.5. The van der Waals surface area contributed by atoms with E-state index in [1.54, 1.807) is 0 Å². The van der Waals surface area contributed by atoms with Crippen molar-refractivity contribution in [3.05, 3.63) is 0 Å². The lowest BCUT2D eigenvalue weighted by molar-refractivity contribution is 0.00712. The van der Waals surface area contributed by atoms with E-state index in [-0.39, 0.29) is 0 Å². The highest BCUT2D eigenvalue weighted by molar-refractivity contribution is 4.67. The Balaban J connectivity index is 3.36. The molecule has 0 radical (unpaired) electrons. The van der Waals surface area contributed by atoms with Crippen LogP contribution in [0.2, 0.25) is 0 Å². The van der Waals surface area contributed by atoms with Crippen molar-refractivity contribution < 1.29 is 10.2 Å². The van der Waals surface area contributed by atoms with Crippen LogP contribution in [0.15, 0.2) is 0 Å². The lowest BCUT2D eigenvalue weighted by atomic mass is 10.00. The summed E-state index contributed by atoms with van der Waals surface area (Å²) in [5.41, 5.74) is 0. The van der Waals surface area contributed by atoms with E-state index < -0.39 is 12.2 Å². The van der Waals surface area contributed by atoms with E-state index in [1.165, 1.54) is 51.4 Å². The molecule has 2 nitrogen and oxygen atoms in total. The van der Waals surface area contributed by atoms with E-state index in [2.05, 4.69) is 13.8 Å². The number of rotatable bonds is 13. The molecular formula is C16H34O2. The summed E-state index contributed by atoms with van der Waals surface area (Å²) in [4.78, 5) is 0. The van der Waals surface area contributed by atoms with Crippen LogP contribution in [0.1, 0.15) is 90.9 Å². The minimum absolute atomic E-state index is 0.502. The SMILES string of the molecule is CCCCCCC[C@@H](O)[C@@H](O)CCCCCCC. The number of hydrogen-bond donors (Lipinski definition) is 2. The van der Waals surface area contributed by atoms with E-state index in [1.807, 2.05) is 0 Å². The van der Waals surface area contributed by atoms with Crippen molar-refractivity contribution in [2.45, 2.75) is 103 Å². The molecule has 0 aliphatic carbocycles. The Morgan fingerprint density at radius 2 is 0.889 bits per heavy atom. The van der Waals surface area contributed by atoms with E-state index >= 15 is 0 Å². The molecule has 2 N–H and O–H groups in total. The van der Waals surface area contributed by atoms with Crippen LogP contribution in [0.5, 0.6) is 0 Å². The average Bonchev–Trinajstić information content (AvgIpc) is 2.37. The maximum absolute atomic E-state index is 9.83. The summed E-state index contributed by atoms with van der Waals surface area (Å²) in [6.45, 7) is 4.41. The van der Waals surface area contributed by atoms with Crippen LogP contribution in [0.25, 0.3) is 0 Å². The Bertz CT molecular complexity index is 141. The third kappa shape index (κ3) is 11.0. The Hall–Kier alpha value is -0.0800. The first-order valence-electron chi connectivity index (χ1n) is 8.08. The molecule has 0 unspecified atom stereocenters. The molecule has 0 aromatic carbocycles. The molecule has 0 saturated carbocycles. The van der Waals surface area contributed by atoms with Crippen LogP contribution in [0.3, 0.4) is 0 Å². The largest absolute Gasteiger partial charge is 0.390 e. The molecule has 0 heterocycles. The van der Waals surface area contributed by atoms with Crippen molar-refractivity contribution in [1.29, 1.82) is 0 Å². The minimum Gasteiger partial charge on any atom is -0.390 e. The summed E-state index contributed by atoms with van der Waals surface area (Å²) >= 11 is 0. The second kappa shape index (κ2) is 13.4. The van der Waals surface area contributed by atoms with Gasteiger partial charge in [-0.2, -0.15) is 0 Å². The van der Waals surface area contributed by atoms with E-state index in [0.29, 0.717) is 0 Å². The molecule has 0 fully saturated rings. The lowest BCUT2D eigenvalue weighted by Gasteiger charge is -2.17. The molecule has 110 valence electrons. The summed E-state index contributed by atoms with van der Waals surface area (Å²) in [7, 11) is 0. The van der Waals surface area contributed by atoms with Crippen LogP contribution in [0, 0.1) is 0 Å². The highest BCUT2D eigenvalue weighted by atomic mass is 16.3. The Labute approximate surface area is 114 Å². The van der Waals surface area contributed by atoms with Crippen molar-refractivity contribution in [3.8, 4) is 0 Å². The van der Waals surface area contributed by atoms with Gasteiger partial charge in [-0.1, -0.05) is 78.1 Å². The van der Waals surface area contributed by atoms with Crippen LogP contribution < -0.4 is 0 Å². The average molecular weight is 258 g/mol. The standard InChI is InChI=1S/C16H34O2/c1-3-5-7-9-11-13-15(17)16(18)14-12-10-8-6-4-2/h15-18H,3-14H2,1-2H3/t15-,16+. The lowest BCUT2D eigenvalue weighted by Crippen LogP contribution is -2.25. The first kappa shape index (κ1) is 17.9. The van der Waals surface area contributed by atoms with Crippen LogP contribution in [-0.4, -0.2) is 22.4 Å². The predicted molar refractivity (Wildman–Crippen MR) is 78.8 cm³/mol. The molecule has 0 saturated heterocycles. The van der Waals surface area contributed by atoms with Crippen LogP contribution in [0.4, 0.5) is 0 Å². The summed E-state index contributed by atoms with van der Waals surface area (Å²) in [6, 6.07) is 0. The monoisotopic (exact) mass is 258 g/mol. The van der Waals surface area contributed by atoms with Crippen molar-refractivity contribution in [3.63, 3.8) is 0 Å². The minimum atomic E-state index is -0.502. The van der Waals surface area contributed by atoms with Gasteiger partial charge in [0.05, 0.1) is 12.2 Å². The summed E-state index contributed by atoms with van der Waals surface area (Å²) in [5, 5.41) is 19.7. The molecule has 0 bridgehead atoms. The van der Waals surface area contributed by atoms with Gasteiger partial charge in [-0.05, 0) is 12.8 Å². The van der Waals surface area contributed by atoms with E-state index in [9.17, 15) is 10.2 Å². The van der Waals surface area contributed by atoms with Crippen LogP contribution >= 0.6 is 0 Å². The molecule has 0 spiro atoms. The molecule has 0 amide bonds. The fourth-order valence-electron chi connectivity index (χ4n) is 2.30. The molecule has 0 aliphatic rings. The fraction of sp³-hybridized carbons (Fsp3) is 1.00. The number of hydrogen-bond acceptors (Lipinski definition) is 2. The van der Waals surface area contributed by atoms with Crippen molar-refractivity contribution in [2.75, 3.05) is 0 Å². The summed E-state index contributed by atoms with van der Waals surface area (Å²) in [6.07, 6.45) is 12.6. The third-order valence-corrected chi connectivity index (χ3v) is 3.65.